The van der Waals surface area contributed by atoms with E-state index in [2.05, 4.69) is 28.2 Å². The minimum Gasteiger partial charge on any atom is -0.484 e. The largest absolute Gasteiger partial charge is 0.484 e. The Bertz CT molecular complexity index is 1210. The zero-order chi connectivity index (χ0) is 23.2. The van der Waals surface area contributed by atoms with Gasteiger partial charge in [0.1, 0.15) is 23.4 Å². The molecule has 2 aromatic heterocycles. The molecule has 0 unspecified atom stereocenters. The van der Waals surface area contributed by atoms with Crippen LogP contribution in [0.5, 0.6) is 5.75 Å². The highest BCUT2D eigenvalue weighted by Crippen LogP contribution is 2.37. The standard InChI is InChI=1S/C23H22ClN5O2S2/c1-2-11-29-20(13-31-18-9-5-4-8-17(18)24)27-28-23(29)32-14-21(30)26-22-16(12-25)15-7-3-6-10-19(15)33-22/h2,4-5,8-9H,1,3,6-7,10-11,13-14H2,(H,26,30). The van der Waals surface area contributed by atoms with E-state index in [-0.39, 0.29) is 18.3 Å². The third kappa shape index (κ3) is 5.41. The molecule has 0 saturated heterocycles. The van der Waals surface area contributed by atoms with Crippen molar-refractivity contribution in [1.29, 1.82) is 5.26 Å². The van der Waals surface area contributed by atoms with Crippen molar-refractivity contribution in [3.8, 4) is 11.8 Å². The number of ether oxygens (including phenoxy) is 1. The molecule has 0 fully saturated rings. The summed E-state index contributed by atoms with van der Waals surface area (Å²) in [6.07, 6.45) is 5.83. The van der Waals surface area contributed by atoms with Gasteiger partial charge in [-0.2, -0.15) is 5.26 Å². The molecule has 10 heteroatoms. The highest BCUT2D eigenvalue weighted by Gasteiger charge is 2.22. The Labute approximate surface area is 205 Å². The molecule has 0 saturated carbocycles. The topological polar surface area (TPSA) is 92.8 Å². The van der Waals surface area contributed by atoms with E-state index in [4.69, 9.17) is 16.3 Å². The number of para-hydroxylation sites is 1. The molecule has 0 atom stereocenters. The fourth-order valence-corrected chi connectivity index (χ4v) is 5.83. The number of aryl methyl sites for hydroxylation is 1. The van der Waals surface area contributed by atoms with Crippen molar-refractivity contribution in [3.05, 3.63) is 63.8 Å². The van der Waals surface area contributed by atoms with Crippen LogP contribution in [0.25, 0.3) is 0 Å². The maximum Gasteiger partial charge on any atom is 0.235 e. The van der Waals surface area contributed by atoms with Crippen LogP contribution in [0.1, 0.15) is 34.7 Å². The lowest BCUT2D eigenvalue weighted by atomic mass is 9.96. The first-order valence-corrected chi connectivity index (χ1v) is 12.7. The van der Waals surface area contributed by atoms with Crippen LogP contribution in [0.15, 0.2) is 42.1 Å². The van der Waals surface area contributed by atoms with Gasteiger partial charge in [0.2, 0.25) is 5.91 Å². The van der Waals surface area contributed by atoms with E-state index in [1.54, 1.807) is 18.2 Å². The van der Waals surface area contributed by atoms with Gasteiger partial charge < -0.3 is 10.1 Å². The minimum atomic E-state index is -0.183. The summed E-state index contributed by atoms with van der Waals surface area (Å²) in [5.41, 5.74) is 1.72. The predicted molar refractivity (Wildman–Crippen MR) is 131 cm³/mol. The molecule has 33 heavy (non-hydrogen) atoms. The van der Waals surface area contributed by atoms with Gasteiger partial charge in [0.25, 0.3) is 0 Å². The van der Waals surface area contributed by atoms with E-state index in [9.17, 15) is 10.1 Å². The summed E-state index contributed by atoms with van der Waals surface area (Å²) < 4.78 is 7.64. The number of carbonyl (C=O) groups excluding carboxylic acids is 1. The summed E-state index contributed by atoms with van der Waals surface area (Å²) in [5.74, 6) is 1.13. The molecule has 2 heterocycles. The zero-order valence-corrected chi connectivity index (χ0v) is 20.2. The number of fused-ring (bicyclic) bond motifs is 1. The monoisotopic (exact) mass is 499 g/mol. The number of aromatic nitrogens is 3. The number of thioether (sulfide) groups is 1. The lowest BCUT2D eigenvalue weighted by Gasteiger charge is -2.10. The van der Waals surface area contributed by atoms with E-state index in [0.29, 0.717) is 38.9 Å². The summed E-state index contributed by atoms with van der Waals surface area (Å²) in [6, 6.07) is 9.49. The quantitative estimate of drug-likeness (QED) is 0.319. The summed E-state index contributed by atoms with van der Waals surface area (Å²) in [7, 11) is 0. The van der Waals surface area contributed by atoms with Gasteiger partial charge in [0, 0.05) is 11.4 Å². The van der Waals surface area contributed by atoms with E-state index in [0.717, 1.165) is 31.2 Å². The van der Waals surface area contributed by atoms with E-state index >= 15 is 0 Å². The Morgan fingerprint density at radius 2 is 2.18 bits per heavy atom. The molecule has 1 aliphatic carbocycles. The molecular formula is C23H22ClN5O2S2. The Balaban J connectivity index is 1.40. The third-order valence-electron chi connectivity index (χ3n) is 5.17. The van der Waals surface area contributed by atoms with Crippen molar-refractivity contribution in [2.45, 2.75) is 44.0 Å². The maximum absolute atomic E-state index is 12.6. The van der Waals surface area contributed by atoms with Crippen LogP contribution in [0.4, 0.5) is 5.00 Å². The molecule has 1 N–H and O–H groups in total. The number of hydrogen-bond acceptors (Lipinski definition) is 7. The molecule has 0 spiro atoms. The lowest BCUT2D eigenvalue weighted by molar-refractivity contribution is -0.113. The fraction of sp³-hybridized carbons (Fsp3) is 0.304. The average Bonchev–Trinajstić information content (AvgIpc) is 3.37. The van der Waals surface area contributed by atoms with Crippen LogP contribution in [-0.4, -0.2) is 26.4 Å². The Morgan fingerprint density at radius 3 is 2.97 bits per heavy atom. The van der Waals surface area contributed by atoms with Crippen molar-refractivity contribution in [2.24, 2.45) is 0 Å². The first-order valence-electron chi connectivity index (χ1n) is 10.5. The second-order valence-electron chi connectivity index (χ2n) is 7.38. The van der Waals surface area contributed by atoms with Crippen LogP contribution >= 0.6 is 34.7 Å². The van der Waals surface area contributed by atoms with Gasteiger partial charge in [-0.25, -0.2) is 0 Å². The van der Waals surface area contributed by atoms with Crippen LogP contribution in [0, 0.1) is 11.3 Å². The number of thiophene rings is 1. The zero-order valence-electron chi connectivity index (χ0n) is 17.8. The van der Waals surface area contributed by atoms with Gasteiger partial charge in [-0.1, -0.05) is 41.6 Å². The van der Waals surface area contributed by atoms with Gasteiger partial charge in [-0.05, 0) is 43.4 Å². The second kappa shape index (κ2) is 10.9. The highest BCUT2D eigenvalue weighted by atomic mass is 35.5. The third-order valence-corrected chi connectivity index (χ3v) is 7.65. The van der Waals surface area contributed by atoms with Gasteiger partial charge in [0.05, 0.1) is 16.3 Å². The lowest BCUT2D eigenvalue weighted by Crippen LogP contribution is -2.15. The summed E-state index contributed by atoms with van der Waals surface area (Å²) in [4.78, 5) is 13.9. The smallest absolute Gasteiger partial charge is 0.235 e. The first-order chi connectivity index (χ1) is 16.1. The molecule has 4 rings (SSSR count). The fourth-order valence-electron chi connectivity index (χ4n) is 3.61. The number of nitrogens with one attached hydrogen (secondary N) is 1. The number of nitrogens with zero attached hydrogens (tertiary/aromatic N) is 4. The van der Waals surface area contributed by atoms with Gasteiger partial charge in [-0.3, -0.25) is 9.36 Å². The first kappa shape index (κ1) is 23.4. The van der Waals surface area contributed by atoms with Gasteiger partial charge in [-0.15, -0.1) is 28.1 Å². The number of rotatable bonds is 9. The van der Waals surface area contributed by atoms with E-state index < -0.39 is 0 Å². The number of allylic oxidation sites excluding steroid dienone is 1. The molecule has 170 valence electrons. The number of benzene rings is 1. The number of carbonyl (C=O) groups is 1. The van der Waals surface area contributed by atoms with E-state index in [1.807, 2.05) is 16.7 Å². The molecular weight excluding hydrogens is 478 g/mol. The van der Waals surface area contributed by atoms with Crippen molar-refractivity contribution in [1.82, 2.24) is 14.8 Å². The summed E-state index contributed by atoms with van der Waals surface area (Å²) in [6.45, 7) is 4.46. The molecule has 7 nitrogen and oxygen atoms in total. The normalized spacial score (nSPS) is 12.6. The van der Waals surface area contributed by atoms with Gasteiger partial charge in [0.15, 0.2) is 11.0 Å². The Morgan fingerprint density at radius 1 is 1.36 bits per heavy atom. The van der Waals surface area contributed by atoms with Crippen LogP contribution < -0.4 is 10.1 Å². The highest BCUT2D eigenvalue weighted by molar-refractivity contribution is 7.99. The Kier molecular flexibility index (Phi) is 7.70. The molecule has 1 aromatic carbocycles. The molecule has 1 aliphatic rings. The maximum atomic E-state index is 12.6. The molecule has 0 bridgehead atoms. The van der Waals surface area contributed by atoms with Crippen molar-refractivity contribution >= 4 is 45.6 Å². The van der Waals surface area contributed by atoms with Crippen molar-refractivity contribution in [2.75, 3.05) is 11.1 Å². The predicted octanol–water partition coefficient (Wildman–Crippen LogP) is 5.24. The van der Waals surface area contributed by atoms with Crippen LogP contribution in [0.2, 0.25) is 5.02 Å². The SMILES string of the molecule is C=CCn1c(COc2ccccc2Cl)nnc1SCC(=O)Nc1sc2c(c1C#N)CCCC2. The minimum absolute atomic E-state index is 0.147. The van der Waals surface area contributed by atoms with E-state index in [1.165, 1.54) is 28.0 Å². The summed E-state index contributed by atoms with van der Waals surface area (Å²) in [5, 5.41) is 22.7. The number of hydrogen-bond donors (Lipinski definition) is 1. The second-order valence-corrected chi connectivity index (χ2v) is 9.84. The average molecular weight is 500 g/mol. The summed E-state index contributed by atoms with van der Waals surface area (Å²) >= 11 is 8.95. The number of nitriles is 1. The van der Waals surface area contributed by atoms with Crippen LogP contribution in [-0.2, 0) is 30.8 Å². The van der Waals surface area contributed by atoms with Gasteiger partial charge >= 0.3 is 0 Å². The number of halogens is 1. The molecule has 1 amide bonds. The Hall–Kier alpha value is -2.80. The van der Waals surface area contributed by atoms with Crippen LogP contribution in [0.3, 0.4) is 0 Å². The number of amides is 1. The van der Waals surface area contributed by atoms with Crippen molar-refractivity contribution < 1.29 is 9.53 Å². The molecule has 0 radical (unpaired) electrons. The molecule has 0 aliphatic heterocycles. The number of anilines is 1. The molecule has 3 aromatic rings. The van der Waals surface area contributed by atoms with Crippen molar-refractivity contribution in [3.63, 3.8) is 0 Å².